The fourth-order valence-corrected chi connectivity index (χ4v) is 4.25. The molecule has 0 aliphatic carbocycles. The fourth-order valence-electron chi connectivity index (χ4n) is 4.25. The molecule has 7 nitrogen and oxygen atoms in total. The lowest BCUT2D eigenvalue weighted by Gasteiger charge is -2.35. The number of fused-ring (bicyclic) bond motifs is 1. The third kappa shape index (κ3) is 3.49. The lowest BCUT2D eigenvalue weighted by molar-refractivity contribution is -0.156. The molecule has 1 aliphatic rings. The molecule has 1 heterocycles. The number of methoxy groups -OCH3 is 2. The Morgan fingerprint density at radius 3 is 2.10 bits per heavy atom. The second-order valence-corrected chi connectivity index (χ2v) is 8.41. The lowest BCUT2D eigenvalue weighted by atomic mass is 9.97. The Labute approximate surface area is 176 Å². The first kappa shape index (κ1) is 21.6. The molecule has 0 radical (unpaired) electrons. The number of amides is 2. The minimum atomic E-state index is -1.12. The van der Waals surface area contributed by atoms with E-state index in [-0.39, 0.29) is 0 Å². The highest BCUT2D eigenvalue weighted by Gasteiger charge is 2.58. The van der Waals surface area contributed by atoms with E-state index in [2.05, 4.69) is 0 Å². The first-order valence-corrected chi connectivity index (χ1v) is 9.88. The number of benzene rings is 2. The van der Waals surface area contributed by atoms with Crippen molar-refractivity contribution in [3.63, 3.8) is 0 Å². The molecule has 1 fully saturated rings. The van der Waals surface area contributed by atoms with Crippen molar-refractivity contribution in [2.24, 2.45) is 0 Å². The highest BCUT2D eigenvalue weighted by atomic mass is 16.5. The third-order valence-corrected chi connectivity index (χ3v) is 5.60. The molecule has 3 rings (SSSR count). The Morgan fingerprint density at radius 1 is 0.933 bits per heavy atom. The van der Waals surface area contributed by atoms with Crippen molar-refractivity contribution < 1.29 is 23.9 Å². The van der Waals surface area contributed by atoms with Crippen molar-refractivity contribution in [3.8, 4) is 0 Å². The molecule has 7 heteroatoms. The minimum absolute atomic E-state index is 0.409. The number of rotatable bonds is 4. The molecule has 1 saturated heterocycles. The molecule has 3 atom stereocenters. The van der Waals surface area contributed by atoms with Crippen LogP contribution in [-0.4, -0.2) is 59.6 Å². The standard InChI is InChI=1S/C23H28N2O5/c1-14(16-13-9-11-15-10-7-8-12-17(15)16)24-18(20(26)29-5)19(21(27)30-6)25(22(24)28)23(2,3)4/h7-14,18-19H,1-6H3. The number of nitrogens with zero attached hydrogens (tertiary/aromatic N) is 2. The Morgan fingerprint density at radius 2 is 1.50 bits per heavy atom. The van der Waals surface area contributed by atoms with Crippen LogP contribution in [-0.2, 0) is 19.1 Å². The van der Waals surface area contributed by atoms with Crippen LogP contribution in [0.1, 0.15) is 39.3 Å². The van der Waals surface area contributed by atoms with Gasteiger partial charge in [0.15, 0.2) is 12.1 Å². The van der Waals surface area contributed by atoms with Crippen LogP contribution >= 0.6 is 0 Å². The molecule has 30 heavy (non-hydrogen) atoms. The summed E-state index contributed by atoms with van der Waals surface area (Å²) < 4.78 is 9.97. The van der Waals surface area contributed by atoms with Gasteiger partial charge in [-0.25, -0.2) is 14.4 Å². The van der Waals surface area contributed by atoms with Crippen LogP contribution in [0.5, 0.6) is 0 Å². The van der Waals surface area contributed by atoms with Crippen LogP contribution in [0, 0.1) is 0 Å². The number of urea groups is 1. The first-order valence-electron chi connectivity index (χ1n) is 9.88. The van der Waals surface area contributed by atoms with Crippen LogP contribution in [0.3, 0.4) is 0 Å². The van der Waals surface area contributed by atoms with Gasteiger partial charge < -0.3 is 19.3 Å². The largest absolute Gasteiger partial charge is 0.467 e. The summed E-state index contributed by atoms with van der Waals surface area (Å²) in [6.07, 6.45) is 0. The molecule has 0 N–H and O–H groups in total. The first-order chi connectivity index (χ1) is 14.1. The molecular weight excluding hydrogens is 384 g/mol. The summed E-state index contributed by atoms with van der Waals surface area (Å²) in [5.74, 6) is -1.31. The molecule has 0 aromatic heterocycles. The van der Waals surface area contributed by atoms with Crippen LogP contribution in [0.4, 0.5) is 4.79 Å². The summed E-state index contributed by atoms with van der Waals surface area (Å²) in [6.45, 7) is 7.32. The maximum atomic E-state index is 13.6. The number of carbonyl (C=O) groups is 3. The highest BCUT2D eigenvalue weighted by Crippen LogP contribution is 2.39. The van der Waals surface area contributed by atoms with E-state index in [0.717, 1.165) is 16.3 Å². The Hall–Kier alpha value is -3.09. The zero-order valence-electron chi connectivity index (χ0n) is 18.2. The summed E-state index contributed by atoms with van der Waals surface area (Å²) in [7, 11) is 2.50. The van der Waals surface area contributed by atoms with Crippen molar-refractivity contribution in [1.29, 1.82) is 0 Å². The SMILES string of the molecule is COC(=O)C1C(C(=O)OC)N(C(C)(C)C)C(=O)N1C(C)c1cccc2ccccc12. The predicted molar refractivity (Wildman–Crippen MR) is 113 cm³/mol. The van der Waals surface area contributed by atoms with Crippen molar-refractivity contribution in [1.82, 2.24) is 9.80 Å². The Bertz CT molecular complexity index is 976. The summed E-state index contributed by atoms with van der Waals surface area (Å²) in [5.41, 5.74) is 0.171. The fraction of sp³-hybridized carbons (Fsp3) is 0.435. The molecule has 2 aromatic rings. The minimum Gasteiger partial charge on any atom is -0.467 e. The van der Waals surface area contributed by atoms with E-state index in [1.807, 2.05) is 70.2 Å². The van der Waals surface area contributed by atoms with Crippen LogP contribution in [0.25, 0.3) is 10.8 Å². The number of hydrogen-bond donors (Lipinski definition) is 0. The van der Waals surface area contributed by atoms with E-state index in [1.54, 1.807) is 0 Å². The number of hydrogen-bond acceptors (Lipinski definition) is 5. The zero-order valence-corrected chi connectivity index (χ0v) is 18.2. The van der Waals surface area contributed by atoms with Gasteiger partial charge in [0.2, 0.25) is 0 Å². The van der Waals surface area contributed by atoms with E-state index in [1.165, 1.54) is 24.0 Å². The second kappa shape index (κ2) is 7.97. The highest BCUT2D eigenvalue weighted by molar-refractivity contribution is 5.98. The number of carbonyl (C=O) groups excluding carboxylic acids is 3. The maximum Gasteiger partial charge on any atom is 0.331 e. The van der Waals surface area contributed by atoms with Gasteiger partial charge in [0, 0.05) is 5.54 Å². The second-order valence-electron chi connectivity index (χ2n) is 8.41. The average Bonchev–Trinajstić information content (AvgIpc) is 3.04. The monoisotopic (exact) mass is 412 g/mol. The molecule has 0 spiro atoms. The molecule has 160 valence electrons. The molecule has 2 aromatic carbocycles. The third-order valence-electron chi connectivity index (χ3n) is 5.60. The van der Waals surface area contributed by atoms with Gasteiger partial charge in [-0.2, -0.15) is 0 Å². The van der Waals surface area contributed by atoms with E-state index in [0.29, 0.717) is 0 Å². The summed E-state index contributed by atoms with van der Waals surface area (Å²) in [5, 5.41) is 2.01. The van der Waals surface area contributed by atoms with Crippen molar-refractivity contribution >= 4 is 28.7 Å². The smallest absolute Gasteiger partial charge is 0.331 e. The normalized spacial score (nSPS) is 20.4. The van der Waals surface area contributed by atoms with E-state index in [4.69, 9.17) is 9.47 Å². The zero-order chi connectivity index (χ0) is 22.2. The average molecular weight is 412 g/mol. The predicted octanol–water partition coefficient (Wildman–Crippen LogP) is 3.52. The number of esters is 2. The molecule has 2 amide bonds. The van der Waals surface area contributed by atoms with Gasteiger partial charge in [-0.1, -0.05) is 42.5 Å². The molecule has 1 aliphatic heterocycles. The van der Waals surface area contributed by atoms with Gasteiger partial charge in [-0.05, 0) is 44.0 Å². The lowest BCUT2D eigenvalue weighted by Crippen LogP contribution is -2.54. The molecule has 3 unspecified atom stereocenters. The Balaban J connectivity index is 2.18. The summed E-state index contributed by atoms with van der Waals surface area (Å²) in [4.78, 5) is 42.0. The van der Waals surface area contributed by atoms with Crippen LogP contribution in [0.15, 0.2) is 42.5 Å². The van der Waals surface area contributed by atoms with Gasteiger partial charge >= 0.3 is 18.0 Å². The summed E-state index contributed by atoms with van der Waals surface area (Å²) in [6, 6.07) is 10.6. The van der Waals surface area contributed by atoms with Gasteiger partial charge in [0.25, 0.3) is 0 Å². The summed E-state index contributed by atoms with van der Waals surface area (Å²) >= 11 is 0. The topological polar surface area (TPSA) is 76.2 Å². The van der Waals surface area contributed by atoms with Gasteiger partial charge in [-0.15, -0.1) is 0 Å². The molecule has 0 saturated carbocycles. The van der Waals surface area contributed by atoms with Crippen molar-refractivity contribution in [3.05, 3.63) is 48.0 Å². The number of ether oxygens (including phenoxy) is 2. The van der Waals surface area contributed by atoms with Crippen LogP contribution in [0.2, 0.25) is 0 Å². The maximum absolute atomic E-state index is 13.6. The van der Waals surface area contributed by atoms with E-state index < -0.39 is 41.6 Å². The van der Waals surface area contributed by atoms with Gasteiger partial charge in [0.1, 0.15) is 0 Å². The molecule has 0 bridgehead atoms. The van der Waals surface area contributed by atoms with E-state index in [9.17, 15) is 14.4 Å². The quantitative estimate of drug-likeness (QED) is 0.718. The molecular formula is C23H28N2O5. The van der Waals surface area contributed by atoms with Crippen LogP contribution < -0.4 is 0 Å². The Kier molecular flexibility index (Phi) is 5.74. The van der Waals surface area contributed by atoms with Crippen molar-refractivity contribution in [2.45, 2.75) is 51.4 Å². The van der Waals surface area contributed by atoms with Gasteiger partial charge in [-0.3, -0.25) is 0 Å². The van der Waals surface area contributed by atoms with Gasteiger partial charge in [0.05, 0.1) is 20.3 Å². The van der Waals surface area contributed by atoms with E-state index >= 15 is 0 Å². The van der Waals surface area contributed by atoms with Crippen molar-refractivity contribution in [2.75, 3.05) is 14.2 Å².